The molecule has 1 N–H and O–H groups in total. The number of aryl methyl sites for hydroxylation is 1. The van der Waals surface area contributed by atoms with Gasteiger partial charge >= 0.3 is 0 Å². The molecule has 3 heterocycles. The molecule has 0 aliphatic heterocycles. The largest absolute Gasteiger partial charge is 0.467 e. The van der Waals surface area contributed by atoms with Crippen LogP contribution in [0.15, 0.2) is 46.7 Å². The molecule has 0 saturated heterocycles. The quantitative estimate of drug-likeness (QED) is 0.785. The third kappa shape index (κ3) is 2.66. The van der Waals surface area contributed by atoms with Gasteiger partial charge in [-0.1, -0.05) is 0 Å². The van der Waals surface area contributed by atoms with Crippen LogP contribution in [-0.2, 0) is 6.54 Å². The number of hydrogen-bond acceptors (Lipinski definition) is 5. The Morgan fingerprint density at radius 2 is 2.32 bits per heavy atom. The van der Waals surface area contributed by atoms with Gasteiger partial charge in [0.15, 0.2) is 5.13 Å². The maximum absolute atomic E-state index is 5.27. The molecule has 0 saturated carbocycles. The Balaban J connectivity index is 1.75. The van der Waals surface area contributed by atoms with Gasteiger partial charge in [0.2, 0.25) is 0 Å². The molecular formula is C14H13N3OS. The lowest BCUT2D eigenvalue weighted by molar-refractivity contribution is 0.518. The monoisotopic (exact) mass is 271 g/mol. The molecule has 0 radical (unpaired) electrons. The highest BCUT2D eigenvalue weighted by molar-refractivity contribution is 7.14. The van der Waals surface area contributed by atoms with E-state index in [1.807, 2.05) is 29.8 Å². The average molecular weight is 271 g/mol. The van der Waals surface area contributed by atoms with Crippen molar-refractivity contribution in [2.24, 2.45) is 0 Å². The van der Waals surface area contributed by atoms with Crippen molar-refractivity contribution in [1.82, 2.24) is 9.97 Å². The first-order valence-corrected chi connectivity index (χ1v) is 6.83. The summed E-state index contributed by atoms with van der Waals surface area (Å²) in [5, 5.41) is 6.17. The van der Waals surface area contributed by atoms with E-state index in [-0.39, 0.29) is 0 Å². The van der Waals surface area contributed by atoms with Gasteiger partial charge in [-0.3, -0.25) is 4.98 Å². The lowest BCUT2D eigenvalue weighted by Crippen LogP contribution is -1.97. The Morgan fingerprint density at radius 3 is 3.11 bits per heavy atom. The number of hydrogen-bond donors (Lipinski definition) is 1. The predicted molar refractivity (Wildman–Crippen MR) is 76.1 cm³/mol. The average Bonchev–Trinajstić information content (AvgIpc) is 3.08. The van der Waals surface area contributed by atoms with Crippen molar-refractivity contribution in [2.75, 3.05) is 5.32 Å². The molecule has 0 aliphatic rings. The van der Waals surface area contributed by atoms with E-state index >= 15 is 0 Å². The van der Waals surface area contributed by atoms with Gasteiger partial charge in [0.25, 0.3) is 0 Å². The van der Waals surface area contributed by atoms with E-state index in [4.69, 9.17) is 4.42 Å². The third-order valence-electron chi connectivity index (χ3n) is 2.81. The van der Waals surface area contributed by atoms with Crippen LogP contribution in [0.1, 0.15) is 11.3 Å². The van der Waals surface area contributed by atoms with Crippen LogP contribution in [0.4, 0.5) is 5.13 Å². The molecule has 0 fully saturated rings. The molecule has 0 bridgehead atoms. The van der Waals surface area contributed by atoms with Crippen molar-refractivity contribution in [3.63, 3.8) is 0 Å². The van der Waals surface area contributed by atoms with E-state index in [1.165, 1.54) is 5.56 Å². The van der Waals surface area contributed by atoms with E-state index in [1.54, 1.807) is 23.8 Å². The number of thiazole rings is 1. The molecule has 96 valence electrons. The highest BCUT2D eigenvalue weighted by Crippen LogP contribution is 2.26. The van der Waals surface area contributed by atoms with Crippen molar-refractivity contribution >= 4 is 16.5 Å². The van der Waals surface area contributed by atoms with Gasteiger partial charge in [-0.25, -0.2) is 4.98 Å². The van der Waals surface area contributed by atoms with Crippen molar-refractivity contribution < 1.29 is 4.42 Å². The maximum atomic E-state index is 5.27. The first-order chi connectivity index (χ1) is 9.33. The second-order valence-corrected chi connectivity index (χ2v) is 5.02. The molecule has 0 aliphatic carbocycles. The van der Waals surface area contributed by atoms with E-state index in [2.05, 4.69) is 22.2 Å². The normalized spacial score (nSPS) is 10.6. The summed E-state index contributed by atoms with van der Waals surface area (Å²) < 4.78 is 5.27. The number of nitrogens with zero attached hydrogens (tertiary/aromatic N) is 2. The van der Waals surface area contributed by atoms with Gasteiger partial charge in [-0.05, 0) is 30.7 Å². The number of furan rings is 1. The number of rotatable bonds is 4. The van der Waals surface area contributed by atoms with Gasteiger partial charge in [-0.2, -0.15) is 0 Å². The molecule has 3 aromatic rings. The minimum Gasteiger partial charge on any atom is -0.467 e. The molecule has 0 amide bonds. The molecule has 4 nitrogen and oxygen atoms in total. The Morgan fingerprint density at radius 1 is 1.37 bits per heavy atom. The number of nitrogens with one attached hydrogen (secondary N) is 1. The summed E-state index contributed by atoms with van der Waals surface area (Å²) in [6.45, 7) is 2.71. The summed E-state index contributed by atoms with van der Waals surface area (Å²) in [5.74, 6) is 0.898. The SMILES string of the molecule is Cc1ccncc1-c1csc(NCc2ccco2)n1. The lowest BCUT2D eigenvalue weighted by atomic mass is 10.1. The van der Waals surface area contributed by atoms with Crippen LogP contribution in [0.25, 0.3) is 11.3 Å². The van der Waals surface area contributed by atoms with Crippen LogP contribution < -0.4 is 5.32 Å². The zero-order chi connectivity index (χ0) is 13.1. The molecule has 5 heteroatoms. The fraction of sp³-hybridized carbons (Fsp3) is 0.143. The summed E-state index contributed by atoms with van der Waals surface area (Å²) in [5.41, 5.74) is 3.21. The van der Waals surface area contributed by atoms with Crippen molar-refractivity contribution in [2.45, 2.75) is 13.5 Å². The summed E-state index contributed by atoms with van der Waals surface area (Å²) >= 11 is 1.58. The topological polar surface area (TPSA) is 51.0 Å². The third-order valence-corrected chi connectivity index (χ3v) is 3.61. The molecule has 0 atom stereocenters. The zero-order valence-electron chi connectivity index (χ0n) is 10.5. The molecule has 3 aromatic heterocycles. The van der Waals surface area contributed by atoms with Gasteiger partial charge in [0, 0.05) is 23.3 Å². The molecule has 19 heavy (non-hydrogen) atoms. The first kappa shape index (κ1) is 11.9. The fourth-order valence-electron chi connectivity index (χ4n) is 1.79. The Hall–Kier alpha value is -2.14. The van der Waals surface area contributed by atoms with E-state index in [9.17, 15) is 0 Å². The van der Waals surface area contributed by atoms with Crippen LogP contribution in [0.2, 0.25) is 0 Å². The van der Waals surface area contributed by atoms with Crippen LogP contribution in [0.3, 0.4) is 0 Å². The highest BCUT2D eigenvalue weighted by Gasteiger charge is 2.07. The number of aromatic nitrogens is 2. The second kappa shape index (κ2) is 5.24. The van der Waals surface area contributed by atoms with Crippen LogP contribution in [0.5, 0.6) is 0 Å². The Bertz CT molecular complexity index is 661. The minimum absolute atomic E-state index is 0.645. The van der Waals surface area contributed by atoms with Crippen molar-refractivity contribution in [3.8, 4) is 11.3 Å². The van der Waals surface area contributed by atoms with Gasteiger partial charge in [0.05, 0.1) is 18.5 Å². The molecule has 0 aromatic carbocycles. The van der Waals surface area contributed by atoms with Crippen LogP contribution in [-0.4, -0.2) is 9.97 Å². The summed E-state index contributed by atoms with van der Waals surface area (Å²) in [4.78, 5) is 8.71. The van der Waals surface area contributed by atoms with Crippen molar-refractivity contribution in [3.05, 3.63) is 53.6 Å². The van der Waals surface area contributed by atoms with E-state index in [0.29, 0.717) is 6.54 Å². The zero-order valence-corrected chi connectivity index (χ0v) is 11.3. The number of anilines is 1. The number of pyridine rings is 1. The fourth-order valence-corrected chi connectivity index (χ4v) is 2.50. The van der Waals surface area contributed by atoms with Gasteiger partial charge < -0.3 is 9.73 Å². The van der Waals surface area contributed by atoms with Gasteiger partial charge in [0.1, 0.15) is 5.76 Å². The van der Waals surface area contributed by atoms with E-state index in [0.717, 1.165) is 22.1 Å². The van der Waals surface area contributed by atoms with Crippen LogP contribution in [0, 0.1) is 6.92 Å². The Kier molecular flexibility index (Phi) is 3.29. The summed E-state index contributed by atoms with van der Waals surface area (Å²) in [6.07, 6.45) is 5.31. The lowest BCUT2D eigenvalue weighted by Gasteiger charge is -2.01. The Labute approximate surface area is 115 Å². The molecule has 3 rings (SSSR count). The molecule has 0 spiro atoms. The van der Waals surface area contributed by atoms with E-state index < -0.39 is 0 Å². The molecular weight excluding hydrogens is 258 g/mol. The highest BCUT2D eigenvalue weighted by atomic mass is 32.1. The summed E-state index contributed by atoms with van der Waals surface area (Å²) in [7, 11) is 0. The summed E-state index contributed by atoms with van der Waals surface area (Å²) in [6, 6.07) is 5.81. The standard InChI is InChI=1S/C14H13N3OS/c1-10-4-5-15-8-12(10)13-9-19-14(17-13)16-7-11-3-2-6-18-11/h2-6,8-9H,7H2,1H3,(H,16,17). The first-order valence-electron chi connectivity index (χ1n) is 5.96. The van der Waals surface area contributed by atoms with Crippen LogP contribution >= 0.6 is 11.3 Å². The van der Waals surface area contributed by atoms with Crippen molar-refractivity contribution in [1.29, 1.82) is 0 Å². The predicted octanol–water partition coefficient (Wildman–Crippen LogP) is 3.72. The molecule has 0 unspecified atom stereocenters. The smallest absolute Gasteiger partial charge is 0.183 e. The minimum atomic E-state index is 0.645. The van der Waals surface area contributed by atoms with Gasteiger partial charge in [-0.15, -0.1) is 11.3 Å². The second-order valence-electron chi connectivity index (χ2n) is 4.16. The maximum Gasteiger partial charge on any atom is 0.183 e.